The molecule has 1 saturated carbocycles. The summed E-state index contributed by atoms with van der Waals surface area (Å²) in [6.45, 7) is 8.05. The lowest BCUT2D eigenvalue weighted by Gasteiger charge is -2.27. The minimum Gasteiger partial charge on any atom is -0.481 e. The van der Waals surface area contributed by atoms with Gasteiger partial charge in [0.25, 0.3) is 0 Å². The molecule has 1 atom stereocenters. The predicted molar refractivity (Wildman–Crippen MR) is 65.5 cm³/mol. The molecule has 4 nitrogen and oxygen atoms in total. The van der Waals surface area contributed by atoms with Crippen LogP contribution < -0.4 is 5.32 Å². The summed E-state index contributed by atoms with van der Waals surface area (Å²) in [7, 11) is 0. The molecule has 2 N–H and O–H groups in total. The highest BCUT2D eigenvalue weighted by atomic mass is 16.4. The largest absolute Gasteiger partial charge is 0.481 e. The number of carbonyl (C=O) groups is 2. The minimum absolute atomic E-state index is 0.00234. The van der Waals surface area contributed by atoms with Crippen LogP contribution in [-0.4, -0.2) is 23.5 Å². The number of carbonyl (C=O) groups excluding carboxylic acids is 1. The molecular formula is C13H23NO3. The number of nitrogens with one attached hydrogen (secondary N) is 1. The second-order valence-corrected chi connectivity index (χ2v) is 5.76. The zero-order valence-corrected chi connectivity index (χ0v) is 11.2. The summed E-state index contributed by atoms with van der Waals surface area (Å²) in [4.78, 5) is 23.1. The topological polar surface area (TPSA) is 66.4 Å². The Morgan fingerprint density at radius 2 is 1.82 bits per heavy atom. The van der Waals surface area contributed by atoms with E-state index in [1.165, 1.54) is 0 Å². The Morgan fingerprint density at radius 1 is 1.35 bits per heavy atom. The fourth-order valence-corrected chi connectivity index (χ4v) is 2.17. The second-order valence-electron chi connectivity index (χ2n) is 5.76. The predicted octanol–water partition coefficient (Wildman–Crippen LogP) is 2.04. The second kappa shape index (κ2) is 4.67. The van der Waals surface area contributed by atoms with Gasteiger partial charge in [0.2, 0.25) is 5.91 Å². The molecule has 0 aromatic rings. The molecule has 1 aliphatic carbocycles. The Balaban J connectivity index is 2.54. The number of hydrogen-bond donors (Lipinski definition) is 2. The van der Waals surface area contributed by atoms with E-state index < -0.39 is 11.4 Å². The fourth-order valence-electron chi connectivity index (χ4n) is 2.17. The number of hydrogen-bond acceptors (Lipinski definition) is 2. The Bertz CT molecular complexity index is 319. The average Bonchev–Trinajstić information content (AvgIpc) is 2.89. The maximum atomic E-state index is 11.8. The molecule has 1 fully saturated rings. The maximum absolute atomic E-state index is 11.8. The molecule has 0 spiro atoms. The standard InChI is InChI=1S/C13H23NO3/c1-5-13(6-2,11(16)17)8-14-10(15)9-7-12(9,3)4/h9H,5-8H2,1-4H3,(H,14,15)(H,16,17)/t9-/m1/s1. The third-order valence-electron chi connectivity index (χ3n) is 4.24. The van der Waals surface area contributed by atoms with Crippen LogP contribution in [0.25, 0.3) is 0 Å². The first-order valence-corrected chi connectivity index (χ1v) is 6.30. The van der Waals surface area contributed by atoms with Gasteiger partial charge in [0.05, 0.1) is 5.41 Å². The summed E-state index contributed by atoms with van der Waals surface area (Å²) < 4.78 is 0. The highest BCUT2D eigenvalue weighted by Crippen LogP contribution is 2.51. The maximum Gasteiger partial charge on any atom is 0.311 e. The van der Waals surface area contributed by atoms with Crippen molar-refractivity contribution < 1.29 is 14.7 Å². The van der Waals surface area contributed by atoms with E-state index in [-0.39, 0.29) is 23.8 Å². The average molecular weight is 241 g/mol. The molecule has 0 radical (unpaired) electrons. The van der Waals surface area contributed by atoms with Crippen LogP contribution in [0.5, 0.6) is 0 Å². The normalized spacial score (nSPS) is 22.0. The van der Waals surface area contributed by atoms with Crippen molar-refractivity contribution in [1.82, 2.24) is 5.32 Å². The first-order valence-electron chi connectivity index (χ1n) is 6.30. The quantitative estimate of drug-likeness (QED) is 0.748. The molecular weight excluding hydrogens is 218 g/mol. The van der Waals surface area contributed by atoms with Crippen LogP contribution in [-0.2, 0) is 9.59 Å². The highest BCUT2D eigenvalue weighted by molar-refractivity contribution is 5.83. The van der Waals surface area contributed by atoms with Gasteiger partial charge < -0.3 is 10.4 Å². The SMILES string of the molecule is CCC(CC)(CNC(=O)[C@H]1CC1(C)C)C(=O)O. The van der Waals surface area contributed by atoms with Crippen LogP contribution in [0.4, 0.5) is 0 Å². The zero-order chi connectivity index (χ0) is 13.3. The molecule has 1 aliphatic rings. The van der Waals surface area contributed by atoms with Crippen LogP contribution in [0.15, 0.2) is 0 Å². The van der Waals surface area contributed by atoms with E-state index in [0.717, 1.165) is 6.42 Å². The number of carboxylic acid groups (broad SMARTS) is 1. The van der Waals surface area contributed by atoms with Crippen LogP contribution >= 0.6 is 0 Å². The van der Waals surface area contributed by atoms with Gasteiger partial charge in [-0.25, -0.2) is 0 Å². The molecule has 1 amide bonds. The summed E-state index contributed by atoms with van der Waals surface area (Å²) in [5, 5.41) is 12.0. The third kappa shape index (κ3) is 2.79. The molecule has 0 aromatic carbocycles. The van der Waals surface area contributed by atoms with Crippen LogP contribution in [0, 0.1) is 16.7 Å². The smallest absolute Gasteiger partial charge is 0.311 e. The van der Waals surface area contributed by atoms with Crippen LogP contribution in [0.2, 0.25) is 0 Å². The van der Waals surface area contributed by atoms with Gasteiger partial charge in [-0.1, -0.05) is 27.7 Å². The molecule has 98 valence electrons. The molecule has 4 heteroatoms. The van der Waals surface area contributed by atoms with Gasteiger partial charge >= 0.3 is 5.97 Å². The monoisotopic (exact) mass is 241 g/mol. The Labute approximate surface area is 103 Å². The number of rotatable bonds is 6. The van der Waals surface area contributed by atoms with Gasteiger partial charge in [-0.05, 0) is 24.7 Å². The summed E-state index contributed by atoms with van der Waals surface area (Å²) in [6.07, 6.45) is 1.97. The van der Waals surface area contributed by atoms with Crippen molar-refractivity contribution in [2.75, 3.05) is 6.54 Å². The number of aliphatic carboxylic acids is 1. The van der Waals surface area contributed by atoms with Crippen molar-refractivity contribution in [2.24, 2.45) is 16.7 Å². The number of carboxylic acids is 1. The highest BCUT2D eigenvalue weighted by Gasteiger charge is 2.51. The lowest BCUT2D eigenvalue weighted by molar-refractivity contribution is -0.149. The molecule has 1 rings (SSSR count). The van der Waals surface area contributed by atoms with Gasteiger partial charge in [0, 0.05) is 12.5 Å². The minimum atomic E-state index is -0.821. The van der Waals surface area contributed by atoms with E-state index in [4.69, 9.17) is 0 Å². The van der Waals surface area contributed by atoms with E-state index in [2.05, 4.69) is 19.2 Å². The van der Waals surface area contributed by atoms with E-state index in [1.807, 2.05) is 13.8 Å². The van der Waals surface area contributed by atoms with Crippen molar-refractivity contribution >= 4 is 11.9 Å². The van der Waals surface area contributed by atoms with E-state index >= 15 is 0 Å². The van der Waals surface area contributed by atoms with Gasteiger partial charge in [-0.2, -0.15) is 0 Å². The molecule has 0 unspecified atom stereocenters. The molecule has 0 bridgehead atoms. The van der Waals surface area contributed by atoms with Gasteiger partial charge in [0.1, 0.15) is 0 Å². The Morgan fingerprint density at radius 3 is 2.12 bits per heavy atom. The Kier molecular flexibility index (Phi) is 3.84. The lowest BCUT2D eigenvalue weighted by atomic mass is 9.82. The van der Waals surface area contributed by atoms with E-state index in [0.29, 0.717) is 12.8 Å². The molecule has 0 saturated heterocycles. The fraction of sp³-hybridized carbons (Fsp3) is 0.846. The summed E-state index contributed by atoms with van der Waals surface area (Å²) >= 11 is 0. The van der Waals surface area contributed by atoms with Crippen molar-refractivity contribution in [3.8, 4) is 0 Å². The van der Waals surface area contributed by atoms with Gasteiger partial charge in [-0.3, -0.25) is 9.59 Å². The zero-order valence-electron chi connectivity index (χ0n) is 11.2. The number of amides is 1. The molecule has 0 heterocycles. The van der Waals surface area contributed by atoms with Crippen LogP contribution in [0.1, 0.15) is 47.0 Å². The summed E-state index contributed by atoms with van der Waals surface area (Å²) in [5.74, 6) is -0.761. The van der Waals surface area contributed by atoms with Crippen molar-refractivity contribution in [1.29, 1.82) is 0 Å². The van der Waals surface area contributed by atoms with E-state index in [9.17, 15) is 14.7 Å². The Hall–Kier alpha value is -1.06. The lowest BCUT2D eigenvalue weighted by Crippen LogP contribution is -2.43. The van der Waals surface area contributed by atoms with Crippen molar-refractivity contribution in [3.05, 3.63) is 0 Å². The summed E-state index contributed by atoms with van der Waals surface area (Å²) in [5.41, 5.74) is -0.719. The first kappa shape index (κ1) is 14.0. The van der Waals surface area contributed by atoms with Gasteiger partial charge in [0.15, 0.2) is 0 Å². The molecule has 0 aliphatic heterocycles. The third-order valence-corrected chi connectivity index (χ3v) is 4.24. The van der Waals surface area contributed by atoms with Gasteiger partial charge in [-0.15, -0.1) is 0 Å². The van der Waals surface area contributed by atoms with E-state index in [1.54, 1.807) is 0 Å². The molecule has 0 aromatic heterocycles. The first-order chi connectivity index (χ1) is 7.79. The molecule has 17 heavy (non-hydrogen) atoms. The van der Waals surface area contributed by atoms with Crippen molar-refractivity contribution in [3.63, 3.8) is 0 Å². The summed E-state index contributed by atoms with van der Waals surface area (Å²) in [6, 6.07) is 0. The van der Waals surface area contributed by atoms with Crippen LogP contribution in [0.3, 0.4) is 0 Å². The van der Waals surface area contributed by atoms with Crippen molar-refractivity contribution in [2.45, 2.75) is 47.0 Å².